The van der Waals surface area contributed by atoms with E-state index < -0.39 is 0 Å². The van der Waals surface area contributed by atoms with Gasteiger partial charge in [-0.05, 0) is 36.8 Å². The molecule has 0 radical (unpaired) electrons. The number of rotatable bonds is 4. The molecule has 2 heteroatoms. The first-order valence-electron chi connectivity index (χ1n) is 4.66. The minimum absolute atomic E-state index is 0.846. The highest BCUT2D eigenvalue weighted by molar-refractivity contribution is 7.99. The second kappa shape index (κ2) is 5.62. The average Bonchev–Trinajstić information content (AvgIpc) is 2.18. The first kappa shape index (κ1) is 11.0. The van der Waals surface area contributed by atoms with Crippen LogP contribution in [-0.4, -0.2) is 5.75 Å². The van der Waals surface area contributed by atoms with E-state index in [0.717, 1.165) is 24.3 Å². The zero-order chi connectivity index (χ0) is 10.4. The molecule has 0 fully saturated rings. The standard InChI is InChI=1S/C12H15NS/c1-3-4-5-8-14-12-9-10(2)6-7-11(12)13/h1,6-7,9H,4-5,8,13H2,2H3. The number of nitrogens with two attached hydrogens (primary N) is 1. The molecule has 0 spiro atoms. The smallest absolute Gasteiger partial charge is 0.0452 e. The first-order valence-corrected chi connectivity index (χ1v) is 5.65. The van der Waals surface area contributed by atoms with Gasteiger partial charge in [0.25, 0.3) is 0 Å². The van der Waals surface area contributed by atoms with Gasteiger partial charge in [0.2, 0.25) is 0 Å². The highest BCUT2D eigenvalue weighted by Gasteiger charge is 1.99. The van der Waals surface area contributed by atoms with Crippen molar-refractivity contribution >= 4 is 17.4 Å². The quantitative estimate of drug-likeness (QED) is 0.354. The summed E-state index contributed by atoms with van der Waals surface area (Å²) in [4.78, 5) is 1.17. The number of hydrogen-bond donors (Lipinski definition) is 1. The molecular weight excluding hydrogens is 190 g/mol. The molecule has 0 aliphatic rings. The van der Waals surface area contributed by atoms with Gasteiger partial charge in [-0.2, -0.15) is 0 Å². The van der Waals surface area contributed by atoms with E-state index in [9.17, 15) is 0 Å². The predicted octanol–water partition coefficient (Wildman–Crippen LogP) is 3.08. The molecule has 0 amide bonds. The summed E-state index contributed by atoms with van der Waals surface area (Å²) >= 11 is 1.78. The Kier molecular flexibility index (Phi) is 4.42. The van der Waals surface area contributed by atoms with Gasteiger partial charge >= 0.3 is 0 Å². The van der Waals surface area contributed by atoms with Crippen molar-refractivity contribution < 1.29 is 0 Å². The van der Waals surface area contributed by atoms with E-state index in [1.807, 2.05) is 12.1 Å². The van der Waals surface area contributed by atoms with E-state index in [1.165, 1.54) is 10.5 Å². The van der Waals surface area contributed by atoms with Crippen molar-refractivity contribution in [1.82, 2.24) is 0 Å². The first-order chi connectivity index (χ1) is 6.74. The molecule has 2 N–H and O–H groups in total. The molecule has 0 saturated heterocycles. The molecule has 0 aliphatic carbocycles. The second-order valence-corrected chi connectivity index (χ2v) is 4.33. The van der Waals surface area contributed by atoms with Crippen LogP contribution in [0.25, 0.3) is 0 Å². The van der Waals surface area contributed by atoms with Crippen LogP contribution >= 0.6 is 11.8 Å². The molecule has 1 aromatic carbocycles. The zero-order valence-electron chi connectivity index (χ0n) is 8.42. The summed E-state index contributed by atoms with van der Waals surface area (Å²) < 4.78 is 0. The monoisotopic (exact) mass is 205 g/mol. The lowest BCUT2D eigenvalue weighted by atomic mass is 10.2. The van der Waals surface area contributed by atoms with Crippen LogP contribution in [0.15, 0.2) is 23.1 Å². The number of hydrogen-bond acceptors (Lipinski definition) is 2. The molecule has 0 atom stereocenters. The van der Waals surface area contributed by atoms with Gasteiger partial charge < -0.3 is 5.73 Å². The summed E-state index contributed by atoms with van der Waals surface area (Å²) in [6.07, 6.45) is 7.07. The third-order valence-corrected chi connectivity index (χ3v) is 3.05. The van der Waals surface area contributed by atoms with Crippen LogP contribution < -0.4 is 5.73 Å². The van der Waals surface area contributed by atoms with Gasteiger partial charge in [0.1, 0.15) is 0 Å². The maximum Gasteiger partial charge on any atom is 0.0452 e. The fourth-order valence-corrected chi connectivity index (χ4v) is 2.14. The fourth-order valence-electron chi connectivity index (χ4n) is 1.12. The van der Waals surface area contributed by atoms with E-state index in [-0.39, 0.29) is 0 Å². The number of terminal acetylenes is 1. The number of unbranched alkanes of at least 4 members (excludes halogenated alkanes) is 1. The third-order valence-electron chi connectivity index (χ3n) is 1.89. The van der Waals surface area contributed by atoms with Gasteiger partial charge in [-0.15, -0.1) is 24.1 Å². The van der Waals surface area contributed by atoms with Crippen LogP contribution in [0.2, 0.25) is 0 Å². The molecule has 1 aromatic rings. The van der Waals surface area contributed by atoms with Crippen LogP contribution in [0, 0.1) is 19.3 Å². The maximum atomic E-state index is 5.84. The van der Waals surface area contributed by atoms with Crippen molar-refractivity contribution in [3.63, 3.8) is 0 Å². The van der Waals surface area contributed by atoms with Crippen molar-refractivity contribution in [2.24, 2.45) is 0 Å². The molecule has 0 saturated carbocycles. The molecule has 1 rings (SSSR count). The lowest BCUT2D eigenvalue weighted by molar-refractivity contribution is 0.997. The molecule has 1 nitrogen and oxygen atoms in total. The molecule has 0 heterocycles. The van der Waals surface area contributed by atoms with Crippen molar-refractivity contribution in [1.29, 1.82) is 0 Å². The number of thioether (sulfide) groups is 1. The molecule has 0 unspecified atom stereocenters. The second-order valence-electron chi connectivity index (χ2n) is 3.20. The van der Waals surface area contributed by atoms with Crippen LogP contribution in [-0.2, 0) is 0 Å². The van der Waals surface area contributed by atoms with Crippen molar-refractivity contribution in [3.8, 4) is 12.3 Å². The summed E-state index contributed by atoms with van der Waals surface area (Å²) in [6.45, 7) is 2.07. The number of nitrogen functional groups attached to an aromatic ring is 1. The minimum atomic E-state index is 0.846. The Balaban J connectivity index is 2.50. The van der Waals surface area contributed by atoms with Gasteiger partial charge in [-0.25, -0.2) is 0 Å². The highest BCUT2D eigenvalue weighted by atomic mass is 32.2. The van der Waals surface area contributed by atoms with Crippen LogP contribution in [0.3, 0.4) is 0 Å². The fraction of sp³-hybridized carbons (Fsp3) is 0.333. The Morgan fingerprint density at radius 2 is 2.29 bits per heavy atom. The summed E-state index contributed by atoms with van der Waals surface area (Å²) in [5.74, 6) is 3.67. The lowest BCUT2D eigenvalue weighted by Gasteiger charge is -2.05. The van der Waals surface area contributed by atoms with Crippen molar-refractivity contribution in [2.75, 3.05) is 11.5 Å². The van der Waals surface area contributed by atoms with Crippen molar-refractivity contribution in [3.05, 3.63) is 23.8 Å². The molecule has 0 aliphatic heterocycles. The van der Waals surface area contributed by atoms with E-state index in [4.69, 9.17) is 12.2 Å². The van der Waals surface area contributed by atoms with Gasteiger partial charge in [-0.3, -0.25) is 0 Å². The largest absolute Gasteiger partial charge is 0.398 e. The summed E-state index contributed by atoms with van der Waals surface area (Å²) in [7, 11) is 0. The molecule has 14 heavy (non-hydrogen) atoms. The van der Waals surface area contributed by atoms with Crippen LogP contribution in [0.4, 0.5) is 5.69 Å². The van der Waals surface area contributed by atoms with E-state index >= 15 is 0 Å². The molecule has 74 valence electrons. The Bertz CT molecular complexity index is 339. The Labute approximate surface area is 90.1 Å². The summed E-state index contributed by atoms with van der Waals surface area (Å²) in [5, 5.41) is 0. The summed E-state index contributed by atoms with van der Waals surface area (Å²) in [5.41, 5.74) is 7.95. The van der Waals surface area contributed by atoms with Crippen LogP contribution in [0.5, 0.6) is 0 Å². The predicted molar refractivity (Wildman–Crippen MR) is 64.4 cm³/mol. The minimum Gasteiger partial charge on any atom is -0.398 e. The van der Waals surface area contributed by atoms with Crippen molar-refractivity contribution in [2.45, 2.75) is 24.7 Å². The zero-order valence-corrected chi connectivity index (χ0v) is 9.23. The third kappa shape index (κ3) is 3.35. The molecule has 0 aromatic heterocycles. The highest BCUT2D eigenvalue weighted by Crippen LogP contribution is 2.26. The van der Waals surface area contributed by atoms with Gasteiger partial charge in [0.05, 0.1) is 0 Å². The van der Waals surface area contributed by atoms with Crippen LogP contribution in [0.1, 0.15) is 18.4 Å². The maximum absolute atomic E-state index is 5.84. The average molecular weight is 205 g/mol. The van der Waals surface area contributed by atoms with Gasteiger partial charge in [-0.1, -0.05) is 6.07 Å². The summed E-state index contributed by atoms with van der Waals surface area (Å²) in [6, 6.07) is 6.11. The van der Waals surface area contributed by atoms with Gasteiger partial charge in [0, 0.05) is 17.0 Å². The van der Waals surface area contributed by atoms with E-state index in [2.05, 4.69) is 18.9 Å². The Morgan fingerprint density at radius 1 is 1.50 bits per heavy atom. The SMILES string of the molecule is C#CCCCSc1cc(C)ccc1N. The van der Waals surface area contributed by atoms with E-state index in [1.54, 1.807) is 11.8 Å². The number of aryl methyl sites for hydroxylation is 1. The Morgan fingerprint density at radius 3 is 3.00 bits per heavy atom. The number of anilines is 1. The van der Waals surface area contributed by atoms with Gasteiger partial charge in [0.15, 0.2) is 0 Å². The lowest BCUT2D eigenvalue weighted by Crippen LogP contribution is -1.90. The Hall–Kier alpha value is -1.07. The molecule has 0 bridgehead atoms. The topological polar surface area (TPSA) is 26.0 Å². The molecular formula is C12H15NS. The number of benzene rings is 1. The normalized spacial score (nSPS) is 9.71. The van der Waals surface area contributed by atoms with E-state index in [0.29, 0.717) is 0 Å².